The average molecular weight is 390 g/mol. The normalized spacial score (nSPS) is 10.9. The summed E-state index contributed by atoms with van der Waals surface area (Å²) >= 11 is 1.48. The Kier molecular flexibility index (Phi) is 8.37. The van der Waals surface area contributed by atoms with Gasteiger partial charge in [-0.2, -0.15) is 0 Å². The molecule has 0 bridgehead atoms. The van der Waals surface area contributed by atoms with Crippen LogP contribution >= 0.6 is 23.7 Å². The number of carbonyl (C=O) groups excluding carboxylic acids is 1. The fourth-order valence-electron chi connectivity index (χ4n) is 1.87. The molecule has 24 heavy (non-hydrogen) atoms. The summed E-state index contributed by atoms with van der Waals surface area (Å²) in [5.74, 6) is -0.311. The van der Waals surface area contributed by atoms with Crippen molar-refractivity contribution in [2.24, 2.45) is 5.73 Å². The second kappa shape index (κ2) is 9.75. The molecule has 0 radical (unpaired) electrons. The molecule has 9 heteroatoms. The first-order valence-corrected chi connectivity index (χ1v) is 9.49. The van der Waals surface area contributed by atoms with Crippen LogP contribution in [0, 0.1) is 0 Å². The van der Waals surface area contributed by atoms with Crippen molar-refractivity contribution in [1.29, 1.82) is 0 Å². The fraction of sp³-hybridized carbons (Fsp3) is 0.267. The minimum Gasteiger partial charge on any atom is -0.352 e. The molecule has 132 valence electrons. The molecule has 4 N–H and O–H groups in total. The minimum atomic E-state index is -3.66. The van der Waals surface area contributed by atoms with Crippen LogP contribution in [-0.2, 0) is 16.6 Å². The monoisotopic (exact) mass is 389 g/mol. The van der Waals surface area contributed by atoms with Crippen molar-refractivity contribution >= 4 is 39.7 Å². The minimum absolute atomic E-state index is 0. The van der Waals surface area contributed by atoms with Crippen LogP contribution in [0.1, 0.15) is 21.7 Å². The quantitative estimate of drug-likeness (QED) is 0.598. The van der Waals surface area contributed by atoms with Gasteiger partial charge in [0.15, 0.2) is 0 Å². The van der Waals surface area contributed by atoms with E-state index in [4.69, 9.17) is 5.73 Å². The van der Waals surface area contributed by atoms with E-state index in [0.29, 0.717) is 25.1 Å². The van der Waals surface area contributed by atoms with E-state index in [1.54, 1.807) is 12.1 Å². The molecule has 0 unspecified atom stereocenters. The van der Waals surface area contributed by atoms with E-state index in [-0.39, 0.29) is 29.8 Å². The van der Waals surface area contributed by atoms with Gasteiger partial charge in [0, 0.05) is 23.5 Å². The number of nitrogens with one attached hydrogen (secondary N) is 2. The number of benzene rings is 1. The highest BCUT2D eigenvalue weighted by atomic mass is 35.5. The molecule has 0 saturated carbocycles. The summed E-state index contributed by atoms with van der Waals surface area (Å²) in [5.41, 5.74) is 5.68. The summed E-state index contributed by atoms with van der Waals surface area (Å²) in [6, 6.07) is 9.69. The van der Waals surface area contributed by atoms with E-state index in [2.05, 4.69) is 10.0 Å². The second-order valence-electron chi connectivity index (χ2n) is 4.83. The maximum atomic E-state index is 12.3. The topological polar surface area (TPSA) is 101 Å². The van der Waals surface area contributed by atoms with Crippen molar-refractivity contribution in [2.45, 2.75) is 17.9 Å². The highest BCUT2D eigenvalue weighted by Crippen LogP contribution is 2.14. The number of hydrogen-bond donors (Lipinski definition) is 3. The third-order valence-electron chi connectivity index (χ3n) is 3.09. The van der Waals surface area contributed by atoms with Crippen LogP contribution in [0.25, 0.3) is 0 Å². The maximum Gasteiger partial charge on any atom is 0.251 e. The molecule has 0 atom stereocenters. The molecule has 0 saturated heterocycles. The molecule has 1 amide bonds. The first-order valence-electron chi connectivity index (χ1n) is 7.13. The first-order chi connectivity index (χ1) is 11.0. The van der Waals surface area contributed by atoms with Crippen molar-refractivity contribution in [1.82, 2.24) is 10.0 Å². The number of rotatable bonds is 8. The molecule has 2 aromatic rings. The number of halogens is 1. The largest absolute Gasteiger partial charge is 0.352 e. The van der Waals surface area contributed by atoms with Crippen LogP contribution in [0.5, 0.6) is 0 Å². The van der Waals surface area contributed by atoms with E-state index in [1.807, 2.05) is 17.5 Å². The summed E-state index contributed by atoms with van der Waals surface area (Å²) in [5, 5.41) is 4.59. The molecule has 6 nitrogen and oxygen atoms in total. The smallest absolute Gasteiger partial charge is 0.251 e. The van der Waals surface area contributed by atoms with Crippen molar-refractivity contribution in [3.8, 4) is 0 Å². The van der Waals surface area contributed by atoms with Gasteiger partial charge in [-0.1, -0.05) is 12.1 Å². The molecule has 0 aliphatic carbocycles. The Morgan fingerprint density at radius 2 is 2.00 bits per heavy atom. The third-order valence-corrected chi connectivity index (χ3v) is 5.36. The van der Waals surface area contributed by atoms with Gasteiger partial charge in [0.1, 0.15) is 0 Å². The SMILES string of the molecule is Cl.NCCCNC(=O)c1cccc(S(=O)(=O)NCc2cccs2)c1. The summed E-state index contributed by atoms with van der Waals surface area (Å²) in [7, 11) is -3.66. The number of thiophene rings is 1. The molecule has 1 aromatic carbocycles. The average Bonchev–Trinajstić information content (AvgIpc) is 3.07. The van der Waals surface area contributed by atoms with Gasteiger partial charge >= 0.3 is 0 Å². The molecule has 1 aromatic heterocycles. The molecule has 0 spiro atoms. The van der Waals surface area contributed by atoms with Crippen LogP contribution in [0.4, 0.5) is 0 Å². The Morgan fingerprint density at radius 1 is 1.21 bits per heavy atom. The van der Waals surface area contributed by atoms with Gasteiger partial charge in [-0.15, -0.1) is 23.7 Å². The van der Waals surface area contributed by atoms with Gasteiger partial charge in [0.05, 0.1) is 4.90 Å². The lowest BCUT2D eigenvalue weighted by atomic mass is 10.2. The van der Waals surface area contributed by atoms with Crippen LogP contribution in [0.15, 0.2) is 46.7 Å². The van der Waals surface area contributed by atoms with Crippen molar-refractivity contribution in [3.05, 3.63) is 52.2 Å². The zero-order chi connectivity index (χ0) is 16.7. The highest BCUT2D eigenvalue weighted by Gasteiger charge is 2.16. The van der Waals surface area contributed by atoms with Crippen LogP contribution in [0.2, 0.25) is 0 Å². The second-order valence-corrected chi connectivity index (χ2v) is 7.63. The van der Waals surface area contributed by atoms with Gasteiger partial charge in [0.2, 0.25) is 10.0 Å². The fourth-order valence-corrected chi connectivity index (χ4v) is 3.66. The van der Waals surface area contributed by atoms with E-state index < -0.39 is 10.0 Å². The summed E-state index contributed by atoms with van der Waals surface area (Å²) in [6.07, 6.45) is 0.673. The first kappa shape index (κ1) is 20.6. The predicted octanol–water partition coefficient (Wildman–Crippen LogP) is 1.73. The molecule has 0 fully saturated rings. The Morgan fingerprint density at radius 3 is 2.67 bits per heavy atom. The molecule has 1 heterocycles. The van der Waals surface area contributed by atoms with Gasteiger partial charge < -0.3 is 11.1 Å². The Bertz CT molecular complexity index is 749. The number of amides is 1. The van der Waals surface area contributed by atoms with E-state index in [1.165, 1.54) is 23.5 Å². The van der Waals surface area contributed by atoms with Crippen LogP contribution in [-0.4, -0.2) is 27.4 Å². The highest BCUT2D eigenvalue weighted by molar-refractivity contribution is 7.89. The standard InChI is InChI=1S/C15H19N3O3S2.ClH/c16-7-3-8-17-15(19)12-4-1-6-14(10-12)23(20,21)18-11-13-5-2-9-22-13;/h1-2,4-6,9-10,18H,3,7-8,11,16H2,(H,17,19);1H. The van der Waals surface area contributed by atoms with E-state index >= 15 is 0 Å². The maximum absolute atomic E-state index is 12.3. The summed E-state index contributed by atoms with van der Waals surface area (Å²) in [4.78, 5) is 13.0. The molecule has 0 aliphatic heterocycles. The van der Waals surface area contributed by atoms with Crippen molar-refractivity contribution in [3.63, 3.8) is 0 Å². The van der Waals surface area contributed by atoms with Gasteiger partial charge in [-0.05, 0) is 42.6 Å². The zero-order valence-corrected chi connectivity index (χ0v) is 15.3. The van der Waals surface area contributed by atoms with Crippen LogP contribution in [0.3, 0.4) is 0 Å². The molecular formula is C15H20ClN3O3S2. The lowest BCUT2D eigenvalue weighted by Gasteiger charge is -2.08. The van der Waals surface area contributed by atoms with Gasteiger partial charge in [-0.25, -0.2) is 13.1 Å². The third kappa shape index (κ3) is 5.88. The van der Waals surface area contributed by atoms with Crippen LogP contribution < -0.4 is 15.8 Å². The molecule has 0 aliphatic rings. The van der Waals surface area contributed by atoms with Crippen molar-refractivity contribution in [2.75, 3.05) is 13.1 Å². The molecule has 2 rings (SSSR count). The van der Waals surface area contributed by atoms with Crippen molar-refractivity contribution < 1.29 is 13.2 Å². The van der Waals surface area contributed by atoms with Gasteiger partial charge in [-0.3, -0.25) is 4.79 Å². The van der Waals surface area contributed by atoms with E-state index in [0.717, 1.165) is 4.88 Å². The Labute approximate surface area is 151 Å². The summed E-state index contributed by atoms with van der Waals surface area (Å²) in [6.45, 7) is 1.18. The number of carbonyl (C=O) groups is 1. The number of hydrogen-bond acceptors (Lipinski definition) is 5. The lowest BCUT2D eigenvalue weighted by Crippen LogP contribution is -2.27. The zero-order valence-electron chi connectivity index (χ0n) is 12.9. The lowest BCUT2D eigenvalue weighted by molar-refractivity contribution is 0.0953. The predicted molar refractivity (Wildman–Crippen MR) is 98.0 cm³/mol. The Hall–Kier alpha value is -1.45. The Balaban J connectivity index is 0.00000288. The molecular weight excluding hydrogens is 370 g/mol. The summed E-state index contributed by atoms with van der Waals surface area (Å²) < 4.78 is 27.1. The van der Waals surface area contributed by atoms with E-state index in [9.17, 15) is 13.2 Å². The van der Waals surface area contributed by atoms with Gasteiger partial charge in [0.25, 0.3) is 5.91 Å². The number of sulfonamides is 1. The number of nitrogens with two attached hydrogens (primary N) is 1.